The maximum absolute atomic E-state index is 11.5. The van der Waals surface area contributed by atoms with Crippen LogP contribution in [0.3, 0.4) is 0 Å². The molecule has 0 aromatic heterocycles. The Kier molecular flexibility index (Phi) is 3.10. The fourth-order valence-corrected chi connectivity index (χ4v) is 1.85. The quantitative estimate of drug-likeness (QED) is 0.863. The van der Waals surface area contributed by atoms with Crippen LogP contribution in [-0.2, 0) is 0 Å². The molecule has 0 aliphatic carbocycles. The first-order valence-corrected chi connectivity index (χ1v) is 5.33. The average molecular weight is 241 g/mol. The van der Waals surface area contributed by atoms with Gasteiger partial charge in [-0.3, -0.25) is 4.79 Å². The highest BCUT2D eigenvalue weighted by Crippen LogP contribution is 2.26. The van der Waals surface area contributed by atoms with Crippen molar-refractivity contribution >= 4 is 11.9 Å². The summed E-state index contributed by atoms with van der Waals surface area (Å²) in [4.78, 5) is 22.6. The number of nitrogens with two attached hydrogens (primary N) is 1. The lowest BCUT2D eigenvalue weighted by molar-refractivity contribution is 0.0692. The number of carbonyl (C=O) groups is 2. The summed E-state index contributed by atoms with van der Waals surface area (Å²) in [6, 6.07) is 13.7. The molecule has 2 aromatic rings. The Balaban J connectivity index is 2.72. The van der Waals surface area contributed by atoms with Crippen LogP contribution in [0.1, 0.15) is 20.7 Å². The van der Waals surface area contributed by atoms with E-state index in [1.807, 2.05) is 18.2 Å². The molecule has 0 unspecified atom stereocenters. The monoisotopic (exact) mass is 241 g/mol. The molecule has 3 N–H and O–H groups in total. The third-order valence-corrected chi connectivity index (χ3v) is 2.63. The molecule has 18 heavy (non-hydrogen) atoms. The number of benzene rings is 2. The number of amides is 1. The molecule has 0 aliphatic heterocycles. The molecule has 4 heteroatoms. The van der Waals surface area contributed by atoms with Crippen LogP contribution < -0.4 is 5.73 Å². The number of carboxylic acid groups (broad SMARTS) is 1. The third kappa shape index (κ3) is 2.08. The highest BCUT2D eigenvalue weighted by Gasteiger charge is 2.18. The molecule has 0 heterocycles. The summed E-state index contributed by atoms with van der Waals surface area (Å²) in [7, 11) is 0. The van der Waals surface area contributed by atoms with Crippen molar-refractivity contribution < 1.29 is 14.7 Å². The fraction of sp³-hybridized carbons (Fsp3) is 0. The van der Waals surface area contributed by atoms with Gasteiger partial charge in [-0.1, -0.05) is 42.5 Å². The lowest BCUT2D eigenvalue weighted by Crippen LogP contribution is -2.17. The first-order valence-electron chi connectivity index (χ1n) is 5.33. The molecule has 0 atom stereocenters. The summed E-state index contributed by atoms with van der Waals surface area (Å²) < 4.78 is 0. The Morgan fingerprint density at radius 1 is 0.944 bits per heavy atom. The molecule has 0 fully saturated rings. The van der Waals surface area contributed by atoms with E-state index in [0.717, 1.165) is 5.56 Å². The van der Waals surface area contributed by atoms with E-state index in [-0.39, 0.29) is 11.1 Å². The zero-order chi connectivity index (χ0) is 13.1. The second kappa shape index (κ2) is 4.71. The fourth-order valence-electron chi connectivity index (χ4n) is 1.85. The van der Waals surface area contributed by atoms with Gasteiger partial charge < -0.3 is 10.8 Å². The molecule has 0 radical (unpaired) electrons. The van der Waals surface area contributed by atoms with E-state index in [0.29, 0.717) is 5.56 Å². The van der Waals surface area contributed by atoms with Crippen LogP contribution >= 0.6 is 0 Å². The smallest absolute Gasteiger partial charge is 0.336 e. The molecule has 0 saturated carbocycles. The summed E-state index contributed by atoms with van der Waals surface area (Å²) in [6.07, 6.45) is 0. The standard InChI is InChI=1S/C14H11NO3/c15-13(16)12-10(9-5-2-1-3-6-9)7-4-8-11(12)14(17)18/h1-8H,(H2,15,16)(H,17,18). The minimum absolute atomic E-state index is 0.0381. The molecular weight excluding hydrogens is 230 g/mol. The summed E-state index contributed by atoms with van der Waals surface area (Å²) in [5.74, 6) is -1.91. The summed E-state index contributed by atoms with van der Waals surface area (Å²) in [6.45, 7) is 0. The van der Waals surface area contributed by atoms with Gasteiger partial charge in [0, 0.05) is 0 Å². The Morgan fingerprint density at radius 3 is 2.17 bits per heavy atom. The molecule has 0 saturated heterocycles. The van der Waals surface area contributed by atoms with Gasteiger partial charge in [-0.05, 0) is 17.2 Å². The van der Waals surface area contributed by atoms with Crippen LogP contribution in [0.15, 0.2) is 48.5 Å². The second-order valence-corrected chi connectivity index (χ2v) is 3.76. The number of aromatic carboxylic acids is 1. The highest BCUT2D eigenvalue weighted by atomic mass is 16.4. The van der Waals surface area contributed by atoms with Gasteiger partial charge in [0.1, 0.15) is 0 Å². The van der Waals surface area contributed by atoms with E-state index < -0.39 is 11.9 Å². The predicted molar refractivity (Wildman–Crippen MR) is 67.4 cm³/mol. The molecule has 4 nitrogen and oxygen atoms in total. The summed E-state index contributed by atoms with van der Waals surface area (Å²) >= 11 is 0. The third-order valence-electron chi connectivity index (χ3n) is 2.63. The maximum Gasteiger partial charge on any atom is 0.336 e. The minimum atomic E-state index is -1.17. The van der Waals surface area contributed by atoms with Gasteiger partial charge in [-0.25, -0.2) is 4.79 Å². The second-order valence-electron chi connectivity index (χ2n) is 3.76. The number of primary amides is 1. The van der Waals surface area contributed by atoms with Crippen LogP contribution in [0.4, 0.5) is 0 Å². The molecule has 1 amide bonds. The van der Waals surface area contributed by atoms with E-state index in [1.165, 1.54) is 6.07 Å². The van der Waals surface area contributed by atoms with Crippen LogP contribution in [-0.4, -0.2) is 17.0 Å². The molecular formula is C14H11NO3. The van der Waals surface area contributed by atoms with Crippen molar-refractivity contribution in [2.45, 2.75) is 0 Å². The number of carbonyl (C=O) groups excluding carboxylic acids is 1. The van der Waals surface area contributed by atoms with Crippen LogP contribution in [0, 0.1) is 0 Å². The van der Waals surface area contributed by atoms with Crippen molar-refractivity contribution in [3.8, 4) is 11.1 Å². The topological polar surface area (TPSA) is 80.4 Å². The maximum atomic E-state index is 11.5. The van der Waals surface area contributed by atoms with E-state index in [4.69, 9.17) is 10.8 Å². The highest BCUT2D eigenvalue weighted by molar-refractivity contribution is 6.08. The normalized spacial score (nSPS) is 10.0. The number of rotatable bonds is 3. The van der Waals surface area contributed by atoms with E-state index >= 15 is 0 Å². The number of hydrogen-bond donors (Lipinski definition) is 2. The van der Waals surface area contributed by atoms with Gasteiger partial charge in [0.15, 0.2) is 0 Å². The Bertz CT molecular complexity index is 606. The lowest BCUT2D eigenvalue weighted by Gasteiger charge is -2.09. The van der Waals surface area contributed by atoms with Crippen molar-refractivity contribution in [3.63, 3.8) is 0 Å². The molecule has 2 aromatic carbocycles. The molecule has 0 spiro atoms. The summed E-state index contributed by atoms with van der Waals surface area (Å²) in [5.41, 5.74) is 6.54. The largest absolute Gasteiger partial charge is 0.478 e. The van der Waals surface area contributed by atoms with E-state index in [9.17, 15) is 9.59 Å². The van der Waals surface area contributed by atoms with Crippen molar-refractivity contribution in [1.82, 2.24) is 0 Å². The first kappa shape index (κ1) is 11.9. The van der Waals surface area contributed by atoms with Gasteiger partial charge in [-0.2, -0.15) is 0 Å². The van der Waals surface area contributed by atoms with Gasteiger partial charge in [-0.15, -0.1) is 0 Å². The van der Waals surface area contributed by atoms with Crippen LogP contribution in [0.2, 0.25) is 0 Å². The van der Waals surface area contributed by atoms with Crippen LogP contribution in [0.25, 0.3) is 11.1 Å². The van der Waals surface area contributed by atoms with Crippen molar-refractivity contribution in [3.05, 3.63) is 59.7 Å². The molecule has 90 valence electrons. The lowest BCUT2D eigenvalue weighted by atomic mass is 9.95. The zero-order valence-electron chi connectivity index (χ0n) is 9.46. The molecule has 0 bridgehead atoms. The van der Waals surface area contributed by atoms with Crippen LogP contribution in [0.5, 0.6) is 0 Å². The van der Waals surface area contributed by atoms with Gasteiger partial charge in [0.25, 0.3) is 0 Å². The Labute approximate surface area is 104 Å². The number of carboxylic acids is 1. The zero-order valence-corrected chi connectivity index (χ0v) is 9.46. The van der Waals surface area contributed by atoms with Crippen molar-refractivity contribution in [2.24, 2.45) is 5.73 Å². The van der Waals surface area contributed by atoms with E-state index in [1.54, 1.807) is 24.3 Å². The first-order chi connectivity index (χ1) is 8.61. The number of hydrogen-bond acceptors (Lipinski definition) is 2. The summed E-state index contributed by atoms with van der Waals surface area (Å²) in [5, 5.41) is 9.08. The molecule has 2 rings (SSSR count). The van der Waals surface area contributed by atoms with Crippen molar-refractivity contribution in [1.29, 1.82) is 0 Å². The van der Waals surface area contributed by atoms with Crippen molar-refractivity contribution in [2.75, 3.05) is 0 Å². The van der Waals surface area contributed by atoms with E-state index in [2.05, 4.69) is 0 Å². The van der Waals surface area contributed by atoms with Gasteiger partial charge >= 0.3 is 5.97 Å². The minimum Gasteiger partial charge on any atom is -0.478 e. The average Bonchev–Trinajstić information content (AvgIpc) is 2.38. The SMILES string of the molecule is NC(=O)c1c(C(=O)O)cccc1-c1ccccc1. The van der Waals surface area contributed by atoms with Gasteiger partial charge in [0.2, 0.25) is 5.91 Å². The Morgan fingerprint density at radius 2 is 1.61 bits per heavy atom. The molecule has 0 aliphatic rings. The van der Waals surface area contributed by atoms with Gasteiger partial charge in [0.05, 0.1) is 11.1 Å². The Hall–Kier alpha value is -2.62. The predicted octanol–water partition coefficient (Wildman–Crippen LogP) is 2.15.